The zero-order valence-corrected chi connectivity index (χ0v) is 23.0. The lowest BCUT2D eigenvalue weighted by Crippen LogP contribution is -2.04. The van der Waals surface area contributed by atoms with Crippen LogP contribution >= 0.6 is 31.9 Å². The summed E-state index contributed by atoms with van der Waals surface area (Å²) < 4.78 is 14.3. The molecule has 0 spiro atoms. The van der Waals surface area contributed by atoms with Crippen LogP contribution in [0, 0.1) is 19.7 Å². The molecule has 0 saturated carbocycles. The number of carbonyl (C=O) groups is 1. The number of hydrogen-bond donors (Lipinski definition) is 2. The summed E-state index contributed by atoms with van der Waals surface area (Å²) in [7, 11) is 6.18. The van der Waals surface area contributed by atoms with Gasteiger partial charge in [0.15, 0.2) is 0 Å². The van der Waals surface area contributed by atoms with Crippen LogP contribution in [0.2, 0.25) is 0 Å². The van der Waals surface area contributed by atoms with Gasteiger partial charge in [0.2, 0.25) is 0 Å². The maximum absolute atomic E-state index is 14.3. The van der Waals surface area contributed by atoms with E-state index in [0.717, 1.165) is 49.1 Å². The summed E-state index contributed by atoms with van der Waals surface area (Å²) in [6, 6.07) is 10.8. The molecule has 1 atom stereocenters. The molecule has 5 nitrogen and oxygen atoms in total. The van der Waals surface area contributed by atoms with Crippen LogP contribution in [-0.4, -0.2) is 30.3 Å². The Hall–Kier alpha value is -2.67. The standard InChI is InChI=1S/C15H16FN4PS2.C8H8O.C2H6/c1-7-19-14(18-3)13(23-7)15-20-11(6-22-15)8-4-10(17-2)12(21)5-9(8)16;1-7-3-2-4-8(5-7)6-9;1-2/h4-6,17-18H,21H2,1-3H3;2-6H,1H3;1-2H3. The minimum Gasteiger partial charge on any atom is -0.388 e. The fraction of sp³-hybridized carbons (Fsp3) is 0.240. The summed E-state index contributed by atoms with van der Waals surface area (Å²) in [6.07, 6.45) is 0.854. The predicted octanol–water partition coefficient (Wildman–Crippen LogP) is 6.80. The van der Waals surface area contributed by atoms with Crippen LogP contribution in [0.3, 0.4) is 0 Å². The maximum Gasteiger partial charge on any atom is 0.150 e. The van der Waals surface area contributed by atoms with Gasteiger partial charge in [-0.3, -0.25) is 4.79 Å². The van der Waals surface area contributed by atoms with Crippen molar-refractivity contribution in [2.24, 2.45) is 0 Å². The van der Waals surface area contributed by atoms with Crippen LogP contribution in [0.4, 0.5) is 15.9 Å². The molecule has 0 aliphatic heterocycles. The smallest absolute Gasteiger partial charge is 0.150 e. The number of rotatable bonds is 5. The van der Waals surface area contributed by atoms with E-state index in [2.05, 4.69) is 29.8 Å². The molecule has 0 aliphatic carbocycles. The maximum atomic E-state index is 14.3. The van der Waals surface area contributed by atoms with E-state index < -0.39 is 0 Å². The third kappa shape index (κ3) is 6.92. The number of halogens is 1. The van der Waals surface area contributed by atoms with E-state index in [9.17, 15) is 9.18 Å². The highest BCUT2D eigenvalue weighted by Crippen LogP contribution is 2.38. The number of thiazole rings is 2. The molecule has 2 aromatic carbocycles. The quantitative estimate of drug-likeness (QED) is 0.226. The largest absolute Gasteiger partial charge is 0.388 e. The van der Waals surface area contributed by atoms with Crippen LogP contribution in [-0.2, 0) is 0 Å². The first-order valence-electron chi connectivity index (χ1n) is 10.8. The van der Waals surface area contributed by atoms with Crippen molar-refractivity contribution in [2.75, 3.05) is 24.7 Å². The number of aromatic nitrogens is 2. The van der Waals surface area contributed by atoms with Gasteiger partial charge >= 0.3 is 0 Å². The van der Waals surface area contributed by atoms with Crippen LogP contribution in [0.25, 0.3) is 21.1 Å². The van der Waals surface area contributed by atoms with E-state index in [1.165, 1.54) is 17.4 Å². The molecular weight excluding hydrogens is 486 g/mol. The molecule has 2 heterocycles. The van der Waals surface area contributed by atoms with Crippen LogP contribution in [0.1, 0.15) is 34.8 Å². The number of anilines is 2. The van der Waals surface area contributed by atoms with Crippen molar-refractivity contribution in [3.8, 4) is 21.1 Å². The highest BCUT2D eigenvalue weighted by atomic mass is 32.1. The summed E-state index contributed by atoms with van der Waals surface area (Å²) in [4.78, 5) is 20.2. The minimum absolute atomic E-state index is 0.278. The lowest BCUT2D eigenvalue weighted by Gasteiger charge is -2.08. The summed E-state index contributed by atoms with van der Waals surface area (Å²) in [6.45, 7) is 7.92. The van der Waals surface area contributed by atoms with Crippen molar-refractivity contribution < 1.29 is 9.18 Å². The Kier molecular flexibility index (Phi) is 10.8. The molecule has 0 radical (unpaired) electrons. The Labute approximate surface area is 211 Å². The van der Waals surface area contributed by atoms with Gasteiger partial charge in [0.05, 0.1) is 10.7 Å². The number of nitrogens with zero attached hydrogens (tertiary/aromatic N) is 2. The first kappa shape index (κ1) is 27.6. The number of hydrogen-bond acceptors (Lipinski definition) is 7. The van der Waals surface area contributed by atoms with Gasteiger partial charge in [0, 0.05) is 36.3 Å². The van der Waals surface area contributed by atoms with Crippen molar-refractivity contribution in [1.82, 2.24) is 9.97 Å². The van der Waals surface area contributed by atoms with Crippen LogP contribution < -0.4 is 15.9 Å². The molecule has 0 aliphatic rings. The molecule has 2 N–H and O–H groups in total. The van der Waals surface area contributed by atoms with Gasteiger partial charge in [0.1, 0.15) is 27.8 Å². The third-order valence-corrected chi connectivity index (χ3v) is 6.98. The van der Waals surface area contributed by atoms with Gasteiger partial charge in [-0.25, -0.2) is 14.4 Å². The Morgan fingerprint density at radius 1 is 1.06 bits per heavy atom. The van der Waals surface area contributed by atoms with Crippen molar-refractivity contribution >= 4 is 55.0 Å². The third-order valence-electron chi connectivity index (χ3n) is 4.53. The summed E-state index contributed by atoms with van der Waals surface area (Å²) in [5, 5.41) is 10.6. The highest BCUT2D eigenvalue weighted by Gasteiger charge is 2.17. The van der Waals surface area contributed by atoms with Gasteiger partial charge in [-0.15, -0.1) is 31.9 Å². The number of benzene rings is 2. The summed E-state index contributed by atoms with van der Waals surface area (Å²) in [5.74, 6) is 0.533. The summed E-state index contributed by atoms with van der Waals surface area (Å²) >= 11 is 3.07. The topological polar surface area (TPSA) is 66.9 Å². The molecule has 0 fully saturated rings. The average Bonchev–Trinajstić information content (AvgIpc) is 3.47. The Balaban J connectivity index is 0.000000311. The zero-order chi connectivity index (χ0) is 25.3. The molecule has 34 heavy (non-hydrogen) atoms. The van der Waals surface area contributed by atoms with E-state index in [4.69, 9.17) is 0 Å². The molecule has 0 saturated heterocycles. The zero-order valence-electron chi connectivity index (χ0n) is 20.2. The molecular formula is C25H30FN4OPS2. The van der Waals surface area contributed by atoms with Crippen molar-refractivity contribution in [1.29, 1.82) is 0 Å². The highest BCUT2D eigenvalue weighted by molar-refractivity contribution is 7.28. The predicted molar refractivity (Wildman–Crippen MR) is 150 cm³/mol. The number of carbonyl (C=O) groups excluding carboxylic acids is 1. The van der Waals surface area contributed by atoms with Gasteiger partial charge in [0.25, 0.3) is 0 Å². The molecule has 0 amide bonds. The lowest BCUT2D eigenvalue weighted by molar-refractivity contribution is 0.112. The molecule has 9 heteroatoms. The van der Waals surface area contributed by atoms with Crippen LogP contribution in [0.15, 0.2) is 41.8 Å². The number of aldehydes is 1. The second kappa shape index (κ2) is 13.3. The van der Waals surface area contributed by atoms with Crippen LogP contribution in [0.5, 0.6) is 0 Å². The molecule has 180 valence electrons. The molecule has 4 rings (SSSR count). The van der Waals surface area contributed by atoms with E-state index in [-0.39, 0.29) is 5.82 Å². The molecule has 1 unspecified atom stereocenters. The number of nitrogens with one attached hydrogen (secondary N) is 2. The minimum atomic E-state index is -0.278. The number of aryl methyl sites for hydroxylation is 2. The average molecular weight is 517 g/mol. The summed E-state index contributed by atoms with van der Waals surface area (Å²) in [5.41, 5.74) is 3.87. The second-order valence-corrected chi connectivity index (χ2v) is 9.58. The Bertz CT molecular complexity index is 1240. The molecule has 4 aromatic rings. The fourth-order valence-electron chi connectivity index (χ4n) is 2.99. The van der Waals surface area contributed by atoms with E-state index in [1.54, 1.807) is 23.5 Å². The van der Waals surface area contributed by atoms with Gasteiger partial charge in [-0.05, 0) is 37.4 Å². The first-order valence-corrected chi connectivity index (χ1v) is 13.0. The fourth-order valence-corrected chi connectivity index (χ4v) is 5.20. The second-order valence-electron chi connectivity index (χ2n) is 6.90. The van der Waals surface area contributed by atoms with E-state index in [0.29, 0.717) is 11.3 Å². The van der Waals surface area contributed by atoms with E-state index >= 15 is 0 Å². The Morgan fingerprint density at radius 2 is 1.79 bits per heavy atom. The van der Waals surface area contributed by atoms with Crippen molar-refractivity contribution in [3.63, 3.8) is 0 Å². The van der Waals surface area contributed by atoms with E-state index in [1.807, 2.05) is 65.4 Å². The normalized spacial score (nSPS) is 9.88. The van der Waals surface area contributed by atoms with Crippen molar-refractivity contribution in [2.45, 2.75) is 27.7 Å². The monoisotopic (exact) mass is 516 g/mol. The van der Waals surface area contributed by atoms with Gasteiger partial charge < -0.3 is 10.6 Å². The lowest BCUT2D eigenvalue weighted by atomic mass is 10.1. The SMILES string of the molecule is CC.CNc1cc(-c2csc(-c3sc(C)nc3NC)n2)c(F)cc1P.Cc1cccc(C=O)c1. The Morgan fingerprint density at radius 3 is 2.38 bits per heavy atom. The van der Waals surface area contributed by atoms with Gasteiger partial charge in [-0.1, -0.05) is 37.6 Å². The molecule has 2 aromatic heterocycles. The molecule has 0 bridgehead atoms. The van der Waals surface area contributed by atoms with Gasteiger partial charge in [-0.2, -0.15) is 0 Å². The van der Waals surface area contributed by atoms with Crippen molar-refractivity contribution in [3.05, 3.63) is 63.7 Å². The first-order chi connectivity index (χ1) is 16.4.